The van der Waals surface area contributed by atoms with Crippen LogP contribution in [0, 0.1) is 0 Å². The van der Waals surface area contributed by atoms with E-state index in [2.05, 4.69) is 26.3 Å². The lowest BCUT2D eigenvalue weighted by Gasteiger charge is -2.06. The Kier molecular flexibility index (Phi) is 4.31. The summed E-state index contributed by atoms with van der Waals surface area (Å²) < 4.78 is 6.42. The molecule has 0 fully saturated rings. The zero-order valence-corrected chi connectivity index (χ0v) is 13.8. The Bertz CT molecular complexity index is 743. The second-order valence-corrected chi connectivity index (χ2v) is 6.33. The normalized spacial score (nSPS) is 10.6. The number of thiazole rings is 1. The molecule has 0 radical (unpaired) electrons. The van der Waals surface area contributed by atoms with Crippen molar-refractivity contribution in [2.75, 3.05) is 7.11 Å². The highest BCUT2D eigenvalue weighted by Gasteiger charge is 2.11. The standard InChI is InChI=1S/C16H13BrN2OS/c1-20-15-8-11(17)5-6-13(15)14-10-21-16(19-14)9-12-4-2-3-7-18-12/h2-8,10H,9H2,1H3. The van der Waals surface area contributed by atoms with Gasteiger partial charge in [0, 0.05) is 33.7 Å². The van der Waals surface area contributed by atoms with Crippen LogP contribution >= 0.6 is 27.3 Å². The fourth-order valence-electron chi connectivity index (χ4n) is 2.05. The number of pyridine rings is 1. The van der Waals surface area contributed by atoms with Gasteiger partial charge in [0.1, 0.15) is 5.75 Å². The first-order valence-corrected chi connectivity index (χ1v) is 8.12. The van der Waals surface area contributed by atoms with E-state index in [0.29, 0.717) is 0 Å². The third kappa shape index (κ3) is 3.31. The molecule has 3 aromatic rings. The molecule has 1 aromatic carbocycles. The van der Waals surface area contributed by atoms with Crippen molar-refractivity contribution in [2.24, 2.45) is 0 Å². The number of rotatable bonds is 4. The summed E-state index contributed by atoms with van der Waals surface area (Å²) in [7, 11) is 1.67. The molecule has 2 heterocycles. The highest BCUT2D eigenvalue weighted by molar-refractivity contribution is 9.10. The van der Waals surface area contributed by atoms with Gasteiger partial charge in [-0.2, -0.15) is 0 Å². The highest BCUT2D eigenvalue weighted by atomic mass is 79.9. The number of methoxy groups -OCH3 is 1. The molecule has 0 aliphatic heterocycles. The van der Waals surface area contributed by atoms with Crippen molar-refractivity contribution in [3.05, 3.63) is 63.1 Å². The van der Waals surface area contributed by atoms with E-state index in [1.54, 1.807) is 18.4 Å². The maximum atomic E-state index is 5.43. The smallest absolute Gasteiger partial charge is 0.129 e. The van der Waals surface area contributed by atoms with Crippen LogP contribution < -0.4 is 4.74 Å². The third-order valence-electron chi connectivity index (χ3n) is 3.05. The topological polar surface area (TPSA) is 35.0 Å². The van der Waals surface area contributed by atoms with E-state index in [9.17, 15) is 0 Å². The Hall–Kier alpha value is -1.72. The van der Waals surface area contributed by atoms with Crippen LogP contribution in [0.3, 0.4) is 0 Å². The summed E-state index contributed by atoms with van der Waals surface area (Å²) in [5.74, 6) is 0.819. The van der Waals surface area contributed by atoms with Crippen molar-refractivity contribution in [1.82, 2.24) is 9.97 Å². The average Bonchev–Trinajstić information content (AvgIpc) is 2.96. The molecule has 0 amide bonds. The number of benzene rings is 1. The van der Waals surface area contributed by atoms with Crippen LogP contribution in [0.4, 0.5) is 0 Å². The van der Waals surface area contributed by atoms with Gasteiger partial charge in [-0.3, -0.25) is 4.98 Å². The van der Waals surface area contributed by atoms with Crippen LogP contribution in [0.5, 0.6) is 5.75 Å². The second-order valence-electron chi connectivity index (χ2n) is 4.47. The molecule has 0 unspecified atom stereocenters. The predicted molar refractivity (Wildman–Crippen MR) is 88.8 cm³/mol. The van der Waals surface area contributed by atoms with E-state index in [1.807, 2.05) is 42.6 Å². The molecule has 0 saturated heterocycles. The molecule has 21 heavy (non-hydrogen) atoms. The van der Waals surface area contributed by atoms with Gasteiger partial charge in [0.15, 0.2) is 0 Å². The van der Waals surface area contributed by atoms with Crippen LogP contribution in [-0.4, -0.2) is 17.1 Å². The quantitative estimate of drug-likeness (QED) is 0.683. The maximum absolute atomic E-state index is 5.43. The van der Waals surface area contributed by atoms with E-state index < -0.39 is 0 Å². The van der Waals surface area contributed by atoms with E-state index in [-0.39, 0.29) is 0 Å². The number of hydrogen-bond acceptors (Lipinski definition) is 4. The molecule has 5 heteroatoms. The zero-order chi connectivity index (χ0) is 14.7. The van der Waals surface area contributed by atoms with Crippen molar-refractivity contribution in [3.8, 4) is 17.0 Å². The number of halogens is 1. The summed E-state index contributed by atoms with van der Waals surface area (Å²) in [5.41, 5.74) is 2.97. The fraction of sp³-hybridized carbons (Fsp3) is 0.125. The van der Waals surface area contributed by atoms with Gasteiger partial charge in [-0.1, -0.05) is 22.0 Å². The van der Waals surface area contributed by atoms with Crippen molar-refractivity contribution >= 4 is 27.3 Å². The minimum absolute atomic E-state index is 0.754. The molecular weight excluding hydrogens is 348 g/mol. The van der Waals surface area contributed by atoms with Crippen LogP contribution in [-0.2, 0) is 6.42 Å². The summed E-state index contributed by atoms with van der Waals surface area (Å²) in [6, 6.07) is 11.9. The van der Waals surface area contributed by atoms with Crippen molar-refractivity contribution < 1.29 is 4.74 Å². The first-order valence-electron chi connectivity index (χ1n) is 6.44. The van der Waals surface area contributed by atoms with Crippen molar-refractivity contribution in [1.29, 1.82) is 0 Å². The molecular formula is C16H13BrN2OS. The molecule has 0 atom stereocenters. The first-order chi connectivity index (χ1) is 10.3. The van der Waals surface area contributed by atoms with Crippen LogP contribution in [0.25, 0.3) is 11.3 Å². The summed E-state index contributed by atoms with van der Waals surface area (Å²) >= 11 is 5.10. The molecule has 0 aliphatic carbocycles. The van der Waals surface area contributed by atoms with Gasteiger partial charge >= 0.3 is 0 Å². The Balaban J connectivity index is 1.88. The summed E-state index contributed by atoms with van der Waals surface area (Å²) in [6.07, 6.45) is 2.56. The lowest BCUT2D eigenvalue weighted by molar-refractivity contribution is 0.416. The van der Waals surface area contributed by atoms with Crippen LogP contribution in [0.1, 0.15) is 10.7 Å². The van der Waals surface area contributed by atoms with E-state index in [1.165, 1.54) is 0 Å². The summed E-state index contributed by atoms with van der Waals surface area (Å²) in [6.45, 7) is 0. The van der Waals surface area contributed by atoms with Crippen LogP contribution in [0.15, 0.2) is 52.4 Å². The zero-order valence-electron chi connectivity index (χ0n) is 11.4. The number of nitrogens with zero attached hydrogens (tertiary/aromatic N) is 2. The monoisotopic (exact) mass is 360 g/mol. The molecule has 3 rings (SSSR count). The minimum atomic E-state index is 0.754. The molecule has 0 saturated carbocycles. The molecule has 2 aromatic heterocycles. The number of ether oxygens (including phenoxy) is 1. The van der Waals surface area contributed by atoms with Gasteiger partial charge in [0.25, 0.3) is 0 Å². The lowest BCUT2D eigenvalue weighted by atomic mass is 10.1. The lowest BCUT2D eigenvalue weighted by Crippen LogP contribution is -1.91. The Labute approximate surface area is 135 Å². The van der Waals surface area contributed by atoms with Gasteiger partial charge in [-0.15, -0.1) is 11.3 Å². The van der Waals surface area contributed by atoms with Crippen LogP contribution in [0.2, 0.25) is 0 Å². The van der Waals surface area contributed by atoms with E-state index >= 15 is 0 Å². The number of aromatic nitrogens is 2. The molecule has 0 aliphatic rings. The van der Waals surface area contributed by atoms with E-state index in [4.69, 9.17) is 9.72 Å². The Morgan fingerprint density at radius 2 is 2.14 bits per heavy atom. The average molecular weight is 361 g/mol. The molecule has 0 bridgehead atoms. The SMILES string of the molecule is COc1cc(Br)ccc1-c1csc(Cc2ccccn2)n1. The van der Waals surface area contributed by atoms with Crippen molar-refractivity contribution in [3.63, 3.8) is 0 Å². The molecule has 0 spiro atoms. The van der Waals surface area contributed by atoms with Crippen molar-refractivity contribution in [2.45, 2.75) is 6.42 Å². The molecule has 106 valence electrons. The molecule has 0 N–H and O–H groups in total. The number of hydrogen-bond donors (Lipinski definition) is 0. The molecule has 3 nitrogen and oxygen atoms in total. The van der Waals surface area contributed by atoms with Gasteiger partial charge in [0.2, 0.25) is 0 Å². The van der Waals surface area contributed by atoms with Gasteiger partial charge in [-0.05, 0) is 30.3 Å². The Morgan fingerprint density at radius 1 is 1.24 bits per heavy atom. The predicted octanol–water partition coefficient (Wildman–Crippen LogP) is 4.57. The second kappa shape index (κ2) is 6.37. The minimum Gasteiger partial charge on any atom is -0.496 e. The summed E-state index contributed by atoms with van der Waals surface area (Å²) in [5, 5.41) is 3.11. The highest BCUT2D eigenvalue weighted by Crippen LogP contribution is 2.33. The van der Waals surface area contributed by atoms with Gasteiger partial charge in [0.05, 0.1) is 17.8 Å². The van der Waals surface area contributed by atoms with Gasteiger partial charge in [-0.25, -0.2) is 4.98 Å². The largest absolute Gasteiger partial charge is 0.496 e. The summed E-state index contributed by atoms with van der Waals surface area (Å²) in [4.78, 5) is 9.03. The fourth-order valence-corrected chi connectivity index (χ4v) is 3.20. The Morgan fingerprint density at radius 3 is 2.90 bits per heavy atom. The maximum Gasteiger partial charge on any atom is 0.129 e. The first kappa shape index (κ1) is 14.2. The third-order valence-corrected chi connectivity index (χ3v) is 4.39. The van der Waals surface area contributed by atoms with E-state index in [0.717, 1.165) is 38.6 Å². The van der Waals surface area contributed by atoms with Gasteiger partial charge < -0.3 is 4.74 Å².